The van der Waals surface area contributed by atoms with Gasteiger partial charge in [0.25, 0.3) is 0 Å². The fourth-order valence-corrected chi connectivity index (χ4v) is 3.00. The lowest BCUT2D eigenvalue weighted by molar-refractivity contribution is 0.495. The molecule has 2 N–H and O–H groups in total. The van der Waals surface area contributed by atoms with Gasteiger partial charge in [-0.2, -0.15) is 0 Å². The Morgan fingerprint density at radius 1 is 1.28 bits per heavy atom. The van der Waals surface area contributed by atoms with Crippen LogP contribution in [0.2, 0.25) is 0 Å². The highest BCUT2D eigenvalue weighted by Gasteiger charge is 2.25. The fraction of sp³-hybridized carbons (Fsp3) is 0.500. The van der Waals surface area contributed by atoms with Crippen molar-refractivity contribution >= 4 is 10.9 Å². The first-order valence-corrected chi connectivity index (χ1v) is 6.76. The lowest BCUT2D eigenvalue weighted by Gasteiger charge is -2.25. The second kappa shape index (κ2) is 4.77. The quantitative estimate of drug-likeness (QED) is 0.846. The summed E-state index contributed by atoms with van der Waals surface area (Å²) in [4.78, 5) is 3.52. The molecule has 2 rings (SSSR count). The molecule has 0 bridgehead atoms. The summed E-state index contributed by atoms with van der Waals surface area (Å²) >= 11 is 0. The largest absolute Gasteiger partial charge is 0.358 e. The predicted molar refractivity (Wildman–Crippen MR) is 79.4 cm³/mol. The van der Waals surface area contributed by atoms with Gasteiger partial charge in [0.2, 0.25) is 0 Å². The molecule has 0 aliphatic heterocycles. The van der Waals surface area contributed by atoms with E-state index in [1.807, 2.05) is 7.05 Å². The van der Waals surface area contributed by atoms with Crippen molar-refractivity contribution in [2.45, 2.75) is 39.5 Å². The summed E-state index contributed by atoms with van der Waals surface area (Å²) in [6.45, 7) is 9.98. The van der Waals surface area contributed by atoms with Crippen LogP contribution in [0.3, 0.4) is 0 Å². The second-order valence-corrected chi connectivity index (χ2v) is 5.77. The van der Waals surface area contributed by atoms with Gasteiger partial charge in [-0.1, -0.05) is 26.8 Å². The first kappa shape index (κ1) is 13.2. The number of aromatic nitrogens is 1. The van der Waals surface area contributed by atoms with Crippen molar-refractivity contribution in [1.82, 2.24) is 10.3 Å². The molecule has 0 fully saturated rings. The van der Waals surface area contributed by atoms with Gasteiger partial charge in [-0.15, -0.1) is 0 Å². The average molecular weight is 244 g/mol. The highest BCUT2D eigenvalue weighted by molar-refractivity contribution is 5.86. The van der Waals surface area contributed by atoms with Gasteiger partial charge in [-0.3, -0.25) is 0 Å². The third kappa shape index (κ3) is 2.17. The van der Waals surface area contributed by atoms with E-state index in [2.05, 4.69) is 56.2 Å². The lowest BCUT2D eigenvalue weighted by atomic mass is 9.82. The SMILES string of the molecule is CCc1ccc2[nH]c(C)c(C(C)(C)CNC)c2c1. The maximum absolute atomic E-state index is 3.52. The molecular formula is C16H24N2. The Hall–Kier alpha value is -1.28. The Bertz CT molecular complexity index is 549. The molecule has 0 aliphatic carbocycles. The summed E-state index contributed by atoms with van der Waals surface area (Å²) in [6, 6.07) is 6.76. The number of nitrogens with one attached hydrogen (secondary N) is 2. The molecule has 2 nitrogen and oxygen atoms in total. The van der Waals surface area contributed by atoms with Gasteiger partial charge in [0.05, 0.1) is 0 Å². The average Bonchev–Trinajstić information content (AvgIpc) is 2.64. The number of rotatable bonds is 4. The van der Waals surface area contributed by atoms with Crippen molar-refractivity contribution in [3.8, 4) is 0 Å². The maximum Gasteiger partial charge on any atom is 0.0459 e. The Kier molecular flexibility index (Phi) is 3.49. The minimum absolute atomic E-state index is 0.142. The molecule has 0 radical (unpaired) electrons. The Morgan fingerprint density at radius 2 is 2.00 bits per heavy atom. The highest BCUT2D eigenvalue weighted by Crippen LogP contribution is 2.33. The molecular weight excluding hydrogens is 220 g/mol. The molecule has 0 saturated carbocycles. The van der Waals surface area contributed by atoms with Gasteiger partial charge in [0, 0.05) is 28.6 Å². The van der Waals surface area contributed by atoms with E-state index in [0.29, 0.717) is 0 Å². The van der Waals surface area contributed by atoms with Crippen LogP contribution < -0.4 is 5.32 Å². The van der Waals surface area contributed by atoms with Gasteiger partial charge in [-0.05, 0) is 43.7 Å². The number of benzene rings is 1. The van der Waals surface area contributed by atoms with E-state index >= 15 is 0 Å². The third-order valence-corrected chi connectivity index (χ3v) is 3.75. The number of hydrogen-bond acceptors (Lipinski definition) is 1. The van der Waals surface area contributed by atoms with Crippen molar-refractivity contribution in [2.75, 3.05) is 13.6 Å². The number of hydrogen-bond donors (Lipinski definition) is 2. The van der Waals surface area contributed by atoms with Crippen LogP contribution in [0.15, 0.2) is 18.2 Å². The molecule has 0 amide bonds. The van der Waals surface area contributed by atoms with Crippen LogP contribution in [0.4, 0.5) is 0 Å². The van der Waals surface area contributed by atoms with Gasteiger partial charge < -0.3 is 10.3 Å². The van der Waals surface area contributed by atoms with E-state index in [0.717, 1.165) is 13.0 Å². The van der Waals surface area contributed by atoms with Crippen LogP contribution in [-0.4, -0.2) is 18.6 Å². The zero-order valence-electron chi connectivity index (χ0n) is 12.1. The Morgan fingerprint density at radius 3 is 2.61 bits per heavy atom. The molecule has 1 aromatic heterocycles. The number of H-pyrrole nitrogens is 1. The van der Waals surface area contributed by atoms with Gasteiger partial charge in [0.1, 0.15) is 0 Å². The minimum atomic E-state index is 0.142. The predicted octanol–water partition coefficient (Wildman–Crippen LogP) is 3.54. The van der Waals surface area contributed by atoms with Crippen LogP contribution in [0.1, 0.15) is 37.6 Å². The Labute approximate surface area is 110 Å². The lowest BCUT2D eigenvalue weighted by Crippen LogP contribution is -2.31. The second-order valence-electron chi connectivity index (χ2n) is 5.77. The smallest absolute Gasteiger partial charge is 0.0459 e. The van der Waals surface area contributed by atoms with Crippen LogP contribution in [0, 0.1) is 6.92 Å². The summed E-state index contributed by atoms with van der Waals surface area (Å²) < 4.78 is 0. The molecule has 0 spiro atoms. The Balaban J connectivity index is 2.64. The van der Waals surface area contributed by atoms with Crippen molar-refractivity contribution < 1.29 is 0 Å². The molecule has 2 aromatic rings. The van der Waals surface area contributed by atoms with E-state index in [9.17, 15) is 0 Å². The first-order chi connectivity index (χ1) is 8.49. The number of aromatic amines is 1. The summed E-state index contributed by atoms with van der Waals surface area (Å²) in [5, 5.41) is 4.68. The molecule has 18 heavy (non-hydrogen) atoms. The van der Waals surface area contributed by atoms with Gasteiger partial charge >= 0.3 is 0 Å². The summed E-state index contributed by atoms with van der Waals surface area (Å²) in [7, 11) is 2.02. The molecule has 0 unspecified atom stereocenters. The third-order valence-electron chi connectivity index (χ3n) is 3.75. The van der Waals surface area contributed by atoms with Gasteiger partial charge in [0.15, 0.2) is 0 Å². The highest BCUT2D eigenvalue weighted by atomic mass is 14.8. The summed E-state index contributed by atoms with van der Waals surface area (Å²) in [5.41, 5.74) is 5.54. The zero-order chi connectivity index (χ0) is 13.3. The van der Waals surface area contributed by atoms with E-state index in [-0.39, 0.29) is 5.41 Å². The molecule has 98 valence electrons. The standard InChI is InChI=1S/C16H24N2/c1-6-12-7-8-14-13(9-12)15(11(2)18-14)16(3,4)10-17-5/h7-9,17-18H,6,10H2,1-5H3. The number of likely N-dealkylation sites (N-methyl/N-ethyl adjacent to an activating group) is 1. The number of aryl methyl sites for hydroxylation is 2. The van der Waals surface area contributed by atoms with Crippen molar-refractivity contribution in [1.29, 1.82) is 0 Å². The van der Waals surface area contributed by atoms with Crippen molar-refractivity contribution in [3.63, 3.8) is 0 Å². The molecule has 0 atom stereocenters. The van der Waals surface area contributed by atoms with Crippen LogP contribution in [0.5, 0.6) is 0 Å². The van der Waals surface area contributed by atoms with Crippen LogP contribution >= 0.6 is 0 Å². The van der Waals surface area contributed by atoms with Crippen molar-refractivity contribution in [3.05, 3.63) is 35.0 Å². The van der Waals surface area contributed by atoms with E-state index < -0.39 is 0 Å². The molecule has 1 heterocycles. The normalized spacial score (nSPS) is 12.3. The van der Waals surface area contributed by atoms with Gasteiger partial charge in [-0.25, -0.2) is 0 Å². The fourth-order valence-electron chi connectivity index (χ4n) is 3.00. The minimum Gasteiger partial charge on any atom is -0.358 e. The molecule has 0 aliphatic rings. The van der Waals surface area contributed by atoms with Crippen LogP contribution in [0.25, 0.3) is 10.9 Å². The topological polar surface area (TPSA) is 27.8 Å². The molecule has 2 heteroatoms. The summed E-state index contributed by atoms with van der Waals surface area (Å²) in [5.74, 6) is 0. The number of fused-ring (bicyclic) bond motifs is 1. The van der Waals surface area contributed by atoms with E-state index in [1.165, 1.54) is 27.7 Å². The van der Waals surface area contributed by atoms with Crippen molar-refractivity contribution in [2.24, 2.45) is 0 Å². The molecule has 1 aromatic carbocycles. The van der Waals surface area contributed by atoms with E-state index in [1.54, 1.807) is 0 Å². The maximum atomic E-state index is 3.52. The molecule has 0 saturated heterocycles. The van der Waals surface area contributed by atoms with Crippen LogP contribution in [-0.2, 0) is 11.8 Å². The summed E-state index contributed by atoms with van der Waals surface area (Å²) in [6.07, 6.45) is 1.09. The zero-order valence-corrected chi connectivity index (χ0v) is 12.1. The monoisotopic (exact) mass is 244 g/mol. The first-order valence-electron chi connectivity index (χ1n) is 6.76. The van der Waals surface area contributed by atoms with E-state index in [4.69, 9.17) is 0 Å².